The van der Waals surface area contributed by atoms with Gasteiger partial charge in [0.15, 0.2) is 0 Å². The van der Waals surface area contributed by atoms with Crippen LogP contribution in [0.15, 0.2) is 24.3 Å². The van der Waals surface area contributed by atoms with E-state index in [-0.39, 0.29) is 11.8 Å². The molecule has 1 aromatic carbocycles. The smallest absolute Gasteiger partial charge is 0.237 e. The van der Waals surface area contributed by atoms with Crippen LogP contribution in [0.1, 0.15) is 34.1 Å². The second-order valence-electron chi connectivity index (χ2n) is 8.04. The Balaban J connectivity index is 1.89. The molecule has 1 fully saturated rings. The summed E-state index contributed by atoms with van der Waals surface area (Å²) in [5, 5.41) is 2.91. The largest absolute Gasteiger partial charge is 0.497 e. The lowest BCUT2D eigenvalue weighted by Gasteiger charge is -2.39. The number of rotatable bonds is 7. The van der Waals surface area contributed by atoms with Crippen LogP contribution in [-0.2, 0) is 9.59 Å². The Kier molecular flexibility index (Phi) is 7.11. The minimum Gasteiger partial charge on any atom is -0.497 e. The van der Waals surface area contributed by atoms with Crippen molar-refractivity contribution in [1.29, 1.82) is 0 Å². The summed E-state index contributed by atoms with van der Waals surface area (Å²) in [6.45, 7) is 11.0. The fraction of sp³-hybridized carbons (Fsp3) is 0.619. The van der Waals surface area contributed by atoms with Crippen LogP contribution in [0.5, 0.6) is 5.75 Å². The molecule has 1 aliphatic heterocycles. The first-order valence-corrected chi connectivity index (χ1v) is 9.72. The molecule has 0 bridgehead atoms. The van der Waals surface area contributed by atoms with Gasteiger partial charge in [-0.3, -0.25) is 9.59 Å². The van der Waals surface area contributed by atoms with E-state index in [2.05, 4.69) is 24.1 Å². The van der Waals surface area contributed by atoms with E-state index in [1.807, 2.05) is 29.2 Å². The summed E-state index contributed by atoms with van der Waals surface area (Å²) >= 11 is 0. The molecule has 27 heavy (non-hydrogen) atoms. The van der Waals surface area contributed by atoms with E-state index >= 15 is 0 Å². The molecule has 1 heterocycles. The fourth-order valence-corrected chi connectivity index (χ4v) is 3.15. The molecule has 0 radical (unpaired) electrons. The van der Waals surface area contributed by atoms with Gasteiger partial charge in [0.2, 0.25) is 11.8 Å². The zero-order chi connectivity index (χ0) is 20.0. The molecular formula is C21H33N3O3. The summed E-state index contributed by atoms with van der Waals surface area (Å²) in [5.41, 5.74) is 0.0767. The van der Waals surface area contributed by atoms with Gasteiger partial charge in [0.05, 0.1) is 7.11 Å². The quantitative estimate of drug-likeness (QED) is 0.744. The zero-order valence-corrected chi connectivity index (χ0v) is 17.2. The Morgan fingerprint density at radius 1 is 1.11 bits per heavy atom. The molecule has 0 unspecified atom stereocenters. The summed E-state index contributed by atoms with van der Waals surface area (Å²) in [5.74, 6) is 1.07. The van der Waals surface area contributed by atoms with E-state index in [0.717, 1.165) is 30.9 Å². The highest BCUT2D eigenvalue weighted by Crippen LogP contribution is 2.24. The molecule has 0 aliphatic carbocycles. The van der Waals surface area contributed by atoms with Crippen molar-refractivity contribution >= 4 is 17.5 Å². The van der Waals surface area contributed by atoms with Gasteiger partial charge < -0.3 is 19.9 Å². The van der Waals surface area contributed by atoms with Crippen LogP contribution in [0.3, 0.4) is 0 Å². The molecule has 0 saturated carbocycles. The number of benzene rings is 1. The molecule has 1 aliphatic rings. The average molecular weight is 376 g/mol. The van der Waals surface area contributed by atoms with Gasteiger partial charge in [-0.15, -0.1) is 0 Å². The average Bonchev–Trinajstić information content (AvgIpc) is 2.67. The van der Waals surface area contributed by atoms with Crippen molar-refractivity contribution in [2.75, 3.05) is 44.7 Å². The predicted octanol–water partition coefficient (Wildman–Crippen LogP) is 2.53. The first-order valence-electron chi connectivity index (χ1n) is 9.72. The molecular weight excluding hydrogens is 342 g/mol. The third-order valence-electron chi connectivity index (χ3n) is 5.11. The minimum atomic E-state index is -1.04. The van der Waals surface area contributed by atoms with E-state index in [0.29, 0.717) is 25.6 Å². The number of carbonyl (C=O) groups is 2. The summed E-state index contributed by atoms with van der Waals surface area (Å²) in [4.78, 5) is 29.5. The number of piperazine rings is 1. The molecule has 6 heteroatoms. The Morgan fingerprint density at radius 2 is 1.70 bits per heavy atom. The van der Waals surface area contributed by atoms with E-state index < -0.39 is 5.41 Å². The molecule has 0 aromatic heterocycles. The van der Waals surface area contributed by atoms with Crippen LogP contribution < -0.4 is 15.0 Å². The van der Waals surface area contributed by atoms with E-state index in [4.69, 9.17) is 4.74 Å². The van der Waals surface area contributed by atoms with Gasteiger partial charge in [0.25, 0.3) is 0 Å². The normalized spacial score (nSPS) is 15.0. The Labute approximate surface area is 162 Å². The highest BCUT2D eigenvalue weighted by molar-refractivity contribution is 6.04. The number of carbonyl (C=O) groups excluding carboxylic acids is 2. The van der Waals surface area contributed by atoms with Crippen LogP contribution >= 0.6 is 0 Å². The Morgan fingerprint density at radius 3 is 2.22 bits per heavy atom. The summed E-state index contributed by atoms with van der Waals surface area (Å²) in [6, 6.07) is 7.94. The monoisotopic (exact) mass is 375 g/mol. The van der Waals surface area contributed by atoms with Crippen LogP contribution in [0.4, 0.5) is 5.69 Å². The topological polar surface area (TPSA) is 61.9 Å². The first kappa shape index (κ1) is 21.1. The maximum atomic E-state index is 12.9. The molecule has 1 N–H and O–H groups in total. The first-order chi connectivity index (χ1) is 12.8. The Hall–Kier alpha value is -2.24. The lowest BCUT2D eigenvalue weighted by atomic mass is 9.89. The lowest BCUT2D eigenvalue weighted by molar-refractivity contribution is -0.148. The van der Waals surface area contributed by atoms with E-state index in [1.165, 1.54) is 0 Å². The number of nitrogens with zero attached hydrogens (tertiary/aromatic N) is 2. The number of ether oxygens (including phenoxy) is 1. The fourth-order valence-electron chi connectivity index (χ4n) is 3.15. The van der Waals surface area contributed by atoms with Crippen LogP contribution in [0.2, 0.25) is 0 Å². The third-order valence-corrected chi connectivity index (χ3v) is 5.11. The number of hydrogen-bond acceptors (Lipinski definition) is 4. The van der Waals surface area contributed by atoms with Gasteiger partial charge >= 0.3 is 0 Å². The number of hydrogen-bond donors (Lipinski definition) is 1. The van der Waals surface area contributed by atoms with Crippen LogP contribution in [0, 0.1) is 11.3 Å². The second kappa shape index (κ2) is 9.11. The molecule has 0 spiro atoms. The summed E-state index contributed by atoms with van der Waals surface area (Å²) in [6.07, 6.45) is 0.913. The van der Waals surface area contributed by atoms with Gasteiger partial charge in [-0.1, -0.05) is 13.8 Å². The van der Waals surface area contributed by atoms with Crippen molar-refractivity contribution in [3.63, 3.8) is 0 Å². The number of amides is 2. The van der Waals surface area contributed by atoms with Crippen LogP contribution in [0.25, 0.3) is 0 Å². The minimum absolute atomic E-state index is 0.0982. The van der Waals surface area contributed by atoms with Gasteiger partial charge in [0, 0.05) is 38.4 Å². The lowest BCUT2D eigenvalue weighted by Crippen LogP contribution is -2.55. The number of anilines is 1. The van der Waals surface area contributed by atoms with Crippen molar-refractivity contribution in [2.24, 2.45) is 11.3 Å². The predicted molar refractivity (Wildman–Crippen MR) is 108 cm³/mol. The van der Waals surface area contributed by atoms with Gasteiger partial charge in [0.1, 0.15) is 11.2 Å². The molecule has 2 rings (SSSR count). The van der Waals surface area contributed by atoms with Gasteiger partial charge in [-0.2, -0.15) is 0 Å². The number of methoxy groups -OCH3 is 1. The highest BCUT2D eigenvalue weighted by Gasteiger charge is 2.39. The Bertz CT molecular complexity index is 633. The van der Waals surface area contributed by atoms with Crippen molar-refractivity contribution in [3.05, 3.63) is 24.3 Å². The third kappa shape index (κ3) is 5.37. The van der Waals surface area contributed by atoms with E-state index in [9.17, 15) is 9.59 Å². The van der Waals surface area contributed by atoms with Gasteiger partial charge in [-0.05, 0) is 50.5 Å². The van der Waals surface area contributed by atoms with Crippen molar-refractivity contribution in [2.45, 2.75) is 34.1 Å². The second-order valence-corrected chi connectivity index (χ2v) is 8.04. The molecule has 0 atom stereocenters. The standard InChI is InChI=1S/C21H33N3O3/c1-16(2)10-11-22-19(25)21(3,4)20(26)24-14-12-23(13-15-24)17-6-8-18(27-5)9-7-17/h6-9,16H,10-15H2,1-5H3,(H,22,25). The highest BCUT2D eigenvalue weighted by atomic mass is 16.5. The summed E-state index contributed by atoms with van der Waals surface area (Å²) in [7, 11) is 1.65. The number of nitrogens with one attached hydrogen (secondary N) is 1. The van der Waals surface area contributed by atoms with Crippen LogP contribution in [-0.4, -0.2) is 56.5 Å². The maximum absolute atomic E-state index is 12.9. The summed E-state index contributed by atoms with van der Waals surface area (Å²) < 4.78 is 5.20. The molecule has 2 amide bonds. The molecule has 6 nitrogen and oxygen atoms in total. The molecule has 1 aromatic rings. The maximum Gasteiger partial charge on any atom is 0.237 e. The van der Waals surface area contributed by atoms with E-state index in [1.54, 1.807) is 21.0 Å². The zero-order valence-electron chi connectivity index (χ0n) is 17.2. The molecule has 150 valence electrons. The van der Waals surface area contributed by atoms with Crippen molar-refractivity contribution in [1.82, 2.24) is 10.2 Å². The SMILES string of the molecule is COc1ccc(N2CCN(C(=O)C(C)(C)C(=O)NCCC(C)C)CC2)cc1. The van der Waals surface area contributed by atoms with Gasteiger partial charge in [-0.25, -0.2) is 0 Å². The van der Waals surface area contributed by atoms with Crippen molar-refractivity contribution < 1.29 is 14.3 Å². The van der Waals surface area contributed by atoms with Crippen molar-refractivity contribution in [3.8, 4) is 5.75 Å². The molecule has 1 saturated heterocycles.